The van der Waals surface area contributed by atoms with Gasteiger partial charge in [0.1, 0.15) is 0 Å². The summed E-state index contributed by atoms with van der Waals surface area (Å²) < 4.78 is 0. The highest BCUT2D eigenvalue weighted by atomic mass is 35.5. The molecule has 2 heteroatoms. The third-order valence-electron chi connectivity index (χ3n) is 2.45. The first kappa shape index (κ1) is 9.55. The molecule has 1 aromatic heterocycles. The Morgan fingerprint density at radius 1 is 1.57 bits per heavy atom. The normalized spacial score (nSPS) is 18.5. The van der Waals surface area contributed by atoms with E-state index in [9.17, 15) is 0 Å². The van der Waals surface area contributed by atoms with Gasteiger partial charge in [0.15, 0.2) is 0 Å². The van der Waals surface area contributed by atoms with E-state index in [0.717, 1.165) is 19.3 Å². The number of halogens is 1. The number of fused-ring (bicyclic) bond motifs is 1. The first-order valence-electron chi connectivity index (χ1n) is 4.90. The largest absolute Gasteiger partial charge is 0.260 e. The van der Waals surface area contributed by atoms with Crippen LogP contribution in [0.25, 0.3) is 0 Å². The first-order chi connectivity index (χ1) is 6.92. The molecule has 0 bridgehead atoms. The minimum absolute atomic E-state index is 0.342. The van der Waals surface area contributed by atoms with E-state index in [1.807, 2.05) is 12.3 Å². The number of alkyl halides is 1. The van der Waals surface area contributed by atoms with Crippen LogP contribution in [0.3, 0.4) is 0 Å². The zero-order valence-corrected chi connectivity index (χ0v) is 8.72. The van der Waals surface area contributed by atoms with Gasteiger partial charge in [0.2, 0.25) is 0 Å². The summed E-state index contributed by atoms with van der Waals surface area (Å²) in [6.45, 7) is 0. The molecule has 0 radical (unpaired) electrons. The van der Waals surface area contributed by atoms with Crippen LogP contribution in [0.1, 0.15) is 30.0 Å². The molecule has 0 amide bonds. The molecule has 1 heterocycles. The SMILES string of the molecule is ClCCC#CC1CCc2cccnc21. The predicted molar refractivity (Wildman–Crippen MR) is 58.4 cm³/mol. The van der Waals surface area contributed by atoms with Crippen LogP contribution < -0.4 is 0 Å². The van der Waals surface area contributed by atoms with Crippen molar-refractivity contribution >= 4 is 11.6 Å². The number of aryl methyl sites for hydroxylation is 1. The summed E-state index contributed by atoms with van der Waals surface area (Å²) in [6.07, 6.45) is 4.85. The smallest absolute Gasteiger partial charge is 0.0631 e. The quantitative estimate of drug-likeness (QED) is 0.508. The first-order valence-corrected chi connectivity index (χ1v) is 5.43. The Balaban J connectivity index is 2.15. The molecule has 2 rings (SSSR count). The maximum absolute atomic E-state index is 5.57. The molecule has 1 atom stereocenters. The molecule has 0 saturated heterocycles. The van der Waals surface area contributed by atoms with Gasteiger partial charge in [-0.1, -0.05) is 12.0 Å². The topological polar surface area (TPSA) is 12.9 Å². The third kappa shape index (κ3) is 1.91. The number of pyridine rings is 1. The van der Waals surface area contributed by atoms with E-state index in [1.165, 1.54) is 11.3 Å². The molecule has 0 N–H and O–H groups in total. The Morgan fingerprint density at radius 2 is 2.50 bits per heavy atom. The van der Waals surface area contributed by atoms with Gasteiger partial charge in [-0.2, -0.15) is 0 Å². The molecular formula is C12H12ClN. The molecule has 1 aromatic rings. The summed E-state index contributed by atoms with van der Waals surface area (Å²) in [4.78, 5) is 4.38. The van der Waals surface area contributed by atoms with Gasteiger partial charge < -0.3 is 0 Å². The van der Waals surface area contributed by atoms with Crippen molar-refractivity contribution in [1.29, 1.82) is 0 Å². The Hall–Kier alpha value is -1.00. The monoisotopic (exact) mass is 205 g/mol. The number of aromatic nitrogens is 1. The van der Waals surface area contributed by atoms with Crippen molar-refractivity contribution in [2.75, 3.05) is 5.88 Å². The fourth-order valence-electron chi connectivity index (χ4n) is 1.80. The number of hydrogen-bond acceptors (Lipinski definition) is 1. The van der Waals surface area contributed by atoms with E-state index in [2.05, 4.69) is 22.9 Å². The molecule has 0 aliphatic heterocycles. The lowest BCUT2D eigenvalue weighted by molar-refractivity contribution is 0.819. The van der Waals surface area contributed by atoms with Gasteiger partial charge >= 0.3 is 0 Å². The van der Waals surface area contributed by atoms with Crippen molar-refractivity contribution in [2.45, 2.75) is 25.2 Å². The minimum Gasteiger partial charge on any atom is -0.260 e. The van der Waals surface area contributed by atoms with Gasteiger partial charge in [-0.05, 0) is 24.5 Å². The summed E-state index contributed by atoms with van der Waals surface area (Å²) in [7, 11) is 0. The van der Waals surface area contributed by atoms with Gasteiger partial charge in [0, 0.05) is 18.5 Å². The third-order valence-corrected chi connectivity index (χ3v) is 2.64. The van der Waals surface area contributed by atoms with Crippen LogP contribution in [0.4, 0.5) is 0 Å². The molecule has 72 valence electrons. The highest BCUT2D eigenvalue weighted by Crippen LogP contribution is 2.30. The molecule has 0 fully saturated rings. The second-order valence-corrected chi connectivity index (χ2v) is 3.78. The average molecular weight is 206 g/mol. The number of hydrogen-bond donors (Lipinski definition) is 0. The van der Waals surface area contributed by atoms with E-state index in [4.69, 9.17) is 11.6 Å². The average Bonchev–Trinajstić information content (AvgIpc) is 2.63. The van der Waals surface area contributed by atoms with Crippen molar-refractivity contribution in [2.24, 2.45) is 0 Å². The van der Waals surface area contributed by atoms with Crippen LogP contribution in [-0.2, 0) is 6.42 Å². The second-order valence-electron chi connectivity index (χ2n) is 3.40. The van der Waals surface area contributed by atoms with Crippen LogP contribution in [-0.4, -0.2) is 10.9 Å². The van der Waals surface area contributed by atoms with Gasteiger partial charge in [-0.15, -0.1) is 17.5 Å². The van der Waals surface area contributed by atoms with E-state index < -0.39 is 0 Å². The second kappa shape index (κ2) is 4.48. The van der Waals surface area contributed by atoms with Crippen LogP contribution >= 0.6 is 11.6 Å². The van der Waals surface area contributed by atoms with Crippen molar-refractivity contribution in [3.05, 3.63) is 29.6 Å². The predicted octanol–water partition coefficient (Wildman–Crippen LogP) is 2.74. The minimum atomic E-state index is 0.342. The van der Waals surface area contributed by atoms with Gasteiger partial charge in [0.25, 0.3) is 0 Å². The van der Waals surface area contributed by atoms with Crippen molar-refractivity contribution < 1.29 is 0 Å². The van der Waals surface area contributed by atoms with Crippen molar-refractivity contribution in [3.8, 4) is 11.8 Å². The Kier molecular flexibility index (Phi) is 3.06. The zero-order chi connectivity index (χ0) is 9.80. The fourth-order valence-corrected chi connectivity index (χ4v) is 1.89. The highest BCUT2D eigenvalue weighted by Gasteiger charge is 2.21. The molecule has 14 heavy (non-hydrogen) atoms. The lowest BCUT2D eigenvalue weighted by Gasteiger charge is -2.00. The molecule has 1 aliphatic carbocycles. The molecule has 0 saturated carbocycles. The van der Waals surface area contributed by atoms with E-state index >= 15 is 0 Å². The summed E-state index contributed by atoms with van der Waals surface area (Å²) in [5.74, 6) is 7.30. The van der Waals surface area contributed by atoms with Crippen LogP contribution in [0.5, 0.6) is 0 Å². The lowest BCUT2D eigenvalue weighted by Crippen LogP contribution is -1.92. The van der Waals surface area contributed by atoms with Gasteiger partial charge in [-0.3, -0.25) is 4.98 Å². The Labute approximate surface area is 89.5 Å². The van der Waals surface area contributed by atoms with Crippen LogP contribution in [0.15, 0.2) is 18.3 Å². The Bertz CT molecular complexity index is 375. The lowest BCUT2D eigenvalue weighted by atomic mass is 10.1. The van der Waals surface area contributed by atoms with Crippen LogP contribution in [0, 0.1) is 11.8 Å². The van der Waals surface area contributed by atoms with Gasteiger partial charge in [-0.25, -0.2) is 0 Å². The fraction of sp³-hybridized carbons (Fsp3) is 0.417. The van der Waals surface area contributed by atoms with E-state index in [0.29, 0.717) is 11.8 Å². The van der Waals surface area contributed by atoms with Gasteiger partial charge in [0.05, 0.1) is 11.6 Å². The highest BCUT2D eigenvalue weighted by molar-refractivity contribution is 6.18. The number of nitrogens with zero attached hydrogens (tertiary/aromatic N) is 1. The summed E-state index contributed by atoms with van der Waals surface area (Å²) in [6, 6.07) is 4.14. The maximum Gasteiger partial charge on any atom is 0.0631 e. The molecule has 0 aromatic carbocycles. The molecule has 1 nitrogen and oxygen atoms in total. The van der Waals surface area contributed by atoms with Crippen molar-refractivity contribution in [1.82, 2.24) is 4.98 Å². The maximum atomic E-state index is 5.57. The zero-order valence-electron chi connectivity index (χ0n) is 7.96. The summed E-state index contributed by atoms with van der Waals surface area (Å²) >= 11 is 5.57. The molecular weight excluding hydrogens is 194 g/mol. The number of rotatable bonds is 1. The standard InChI is InChI=1S/C12H12ClN/c13-8-2-1-4-10-6-7-11-5-3-9-14-12(10)11/h3,5,9-10H,2,6-8H2. The van der Waals surface area contributed by atoms with E-state index in [-0.39, 0.29) is 0 Å². The van der Waals surface area contributed by atoms with E-state index in [1.54, 1.807) is 0 Å². The summed E-state index contributed by atoms with van der Waals surface area (Å²) in [5.41, 5.74) is 2.53. The molecule has 1 unspecified atom stereocenters. The Morgan fingerprint density at radius 3 is 3.36 bits per heavy atom. The summed E-state index contributed by atoms with van der Waals surface area (Å²) in [5, 5.41) is 0. The molecule has 1 aliphatic rings. The van der Waals surface area contributed by atoms with Crippen LogP contribution in [0.2, 0.25) is 0 Å². The van der Waals surface area contributed by atoms with Crippen molar-refractivity contribution in [3.63, 3.8) is 0 Å². The molecule has 0 spiro atoms.